The van der Waals surface area contributed by atoms with Crippen LogP contribution in [0.5, 0.6) is 11.5 Å². The summed E-state index contributed by atoms with van der Waals surface area (Å²) in [5.41, 5.74) is 0.956. The second-order valence-electron chi connectivity index (χ2n) is 4.34. The van der Waals surface area contributed by atoms with Gasteiger partial charge in [0.1, 0.15) is 18.2 Å². The number of carbonyl (C=O) groups excluding carboxylic acids is 1. The van der Waals surface area contributed by atoms with Gasteiger partial charge in [0.2, 0.25) is 0 Å². The van der Waals surface area contributed by atoms with Gasteiger partial charge in [0.05, 0.1) is 7.11 Å². The molecule has 110 valence electrons. The molecule has 2 rings (SSSR count). The van der Waals surface area contributed by atoms with E-state index < -0.39 is 5.97 Å². The topological polar surface area (TPSA) is 68.7 Å². The number of aromatic nitrogens is 1. The van der Waals surface area contributed by atoms with Crippen molar-refractivity contribution in [1.29, 1.82) is 0 Å². The summed E-state index contributed by atoms with van der Waals surface area (Å²) in [7, 11) is 1.21. The minimum atomic E-state index is -0.707. The SMILES string of the molecule is COC(=O)c1ncc(COc2ccc(F)cc2)c(C)c1O. The number of nitrogens with zero attached hydrogens (tertiary/aromatic N) is 1. The molecule has 1 aromatic heterocycles. The van der Waals surface area contributed by atoms with Gasteiger partial charge in [-0.25, -0.2) is 14.2 Å². The molecule has 0 saturated heterocycles. The second kappa shape index (κ2) is 6.21. The van der Waals surface area contributed by atoms with Crippen molar-refractivity contribution in [2.45, 2.75) is 13.5 Å². The molecule has 1 heterocycles. The van der Waals surface area contributed by atoms with Crippen LogP contribution in [0.15, 0.2) is 30.5 Å². The molecule has 1 aromatic carbocycles. The molecule has 0 aliphatic rings. The Morgan fingerprint density at radius 3 is 2.62 bits per heavy atom. The summed E-state index contributed by atoms with van der Waals surface area (Å²) < 4.78 is 22.8. The summed E-state index contributed by atoms with van der Waals surface area (Å²) in [5, 5.41) is 9.95. The number of methoxy groups -OCH3 is 1. The molecule has 2 aromatic rings. The highest BCUT2D eigenvalue weighted by molar-refractivity contribution is 5.90. The lowest BCUT2D eigenvalue weighted by atomic mass is 10.1. The van der Waals surface area contributed by atoms with Crippen LogP contribution in [0.25, 0.3) is 0 Å². The lowest BCUT2D eigenvalue weighted by molar-refractivity contribution is 0.0590. The fourth-order valence-electron chi connectivity index (χ4n) is 1.71. The Morgan fingerprint density at radius 2 is 2.00 bits per heavy atom. The molecule has 0 bridgehead atoms. The number of aromatic hydroxyl groups is 1. The van der Waals surface area contributed by atoms with Crippen molar-refractivity contribution in [2.75, 3.05) is 7.11 Å². The summed E-state index contributed by atoms with van der Waals surface area (Å²) in [5.74, 6) is -0.795. The molecule has 21 heavy (non-hydrogen) atoms. The largest absolute Gasteiger partial charge is 0.505 e. The van der Waals surface area contributed by atoms with E-state index in [1.807, 2.05) is 0 Å². The van der Waals surface area contributed by atoms with Gasteiger partial charge in [0.25, 0.3) is 0 Å². The van der Waals surface area contributed by atoms with Crippen LogP contribution in [0, 0.1) is 12.7 Å². The molecule has 0 atom stereocenters. The highest BCUT2D eigenvalue weighted by Crippen LogP contribution is 2.25. The van der Waals surface area contributed by atoms with Crippen molar-refractivity contribution in [3.05, 3.63) is 53.1 Å². The minimum absolute atomic E-state index is 0.138. The van der Waals surface area contributed by atoms with Gasteiger partial charge in [0, 0.05) is 17.3 Å². The number of carbonyl (C=O) groups is 1. The number of halogens is 1. The Bertz CT molecular complexity index is 655. The smallest absolute Gasteiger partial charge is 0.360 e. The number of hydrogen-bond donors (Lipinski definition) is 1. The van der Waals surface area contributed by atoms with Gasteiger partial charge in [-0.05, 0) is 31.2 Å². The van der Waals surface area contributed by atoms with Crippen LogP contribution in [0.4, 0.5) is 4.39 Å². The molecule has 0 unspecified atom stereocenters. The average molecular weight is 291 g/mol. The molecular formula is C15H14FNO4. The van der Waals surface area contributed by atoms with E-state index in [1.165, 1.54) is 37.6 Å². The first-order valence-corrected chi connectivity index (χ1v) is 6.17. The molecule has 0 aliphatic heterocycles. The minimum Gasteiger partial charge on any atom is -0.505 e. The number of esters is 1. The Morgan fingerprint density at radius 1 is 1.33 bits per heavy atom. The Balaban J connectivity index is 2.16. The maximum atomic E-state index is 12.8. The highest BCUT2D eigenvalue weighted by Gasteiger charge is 2.17. The van der Waals surface area contributed by atoms with E-state index in [-0.39, 0.29) is 23.9 Å². The van der Waals surface area contributed by atoms with Gasteiger partial charge in [-0.1, -0.05) is 0 Å². The lowest BCUT2D eigenvalue weighted by Crippen LogP contribution is -2.08. The average Bonchev–Trinajstić information content (AvgIpc) is 2.49. The fraction of sp³-hybridized carbons (Fsp3) is 0.200. The number of pyridine rings is 1. The van der Waals surface area contributed by atoms with Crippen LogP contribution in [-0.2, 0) is 11.3 Å². The Kier molecular flexibility index (Phi) is 4.37. The standard InChI is InChI=1S/C15H14FNO4/c1-9-10(7-17-13(14(9)18)15(19)20-2)8-21-12-5-3-11(16)4-6-12/h3-7,18H,8H2,1-2H3. The monoisotopic (exact) mass is 291 g/mol. The second-order valence-corrected chi connectivity index (χ2v) is 4.34. The molecule has 0 spiro atoms. The van der Waals surface area contributed by atoms with Crippen molar-refractivity contribution >= 4 is 5.97 Å². The van der Waals surface area contributed by atoms with Crippen LogP contribution >= 0.6 is 0 Å². The zero-order valence-electron chi connectivity index (χ0n) is 11.6. The molecule has 0 amide bonds. The van der Waals surface area contributed by atoms with E-state index in [0.717, 1.165) is 0 Å². The van der Waals surface area contributed by atoms with Crippen molar-refractivity contribution < 1.29 is 23.8 Å². The third-order valence-corrected chi connectivity index (χ3v) is 3.00. The normalized spacial score (nSPS) is 10.2. The van der Waals surface area contributed by atoms with E-state index in [0.29, 0.717) is 16.9 Å². The highest BCUT2D eigenvalue weighted by atomic mass is 19.1. The van der Waals surface area contributed by atoms with Gasteiger partial charge >= 0.3 is 5.97 Å². The molecule has 1 N–H and O–H groups in total. The summed E-state index contributed by atoms with van der Waals surface area (Å²) in [6, 6.07) is 5.58. The van der Waals surface area contributed by atoms with Crippen LogP contribution in [0.2, 0.25) is 0 Å². The Labute approximate surface area is 121 Å². The van der Waals surface area contributed by atoms with E-state index in [2.05, 4.69) is 9.72 Å². The van der Waals surface area contributed by atoms with Crippen molar-refractivity contribution in [1.82, 2.24) is 4.98 Å². The van der Waals surface area contributed by atoms with Gasteiger partial charge in [-0.2, -0.15) is 0 Å². The molecular weight excluding hydrogens is 277 g/mol. The third kappa shape index (κ3) is 3.28. The third-order valence-electron chi connectivity index (χ3n) is 3.00. The van der Waals surface area contributed by atoms with Crippen LogP contribution in [0.3, 0.4) is 0 Å². The number of ether oxygens (including phenoxy) is 2. The molecule has 0 radical (unpaired) electrons. The van der Waals surface area contributed by atoms with Crippen LogP contribution < -0.4 is 4.74 Å². The van der Waals surface area contributed by atoms with Crippen LogP contribution in [0.1, 0.15) is 21.6 Å². The van der Waals surface area contributed by atoms with E-state index in [9.17, 15) is 14.3 Å². The summed E-state index contributed by atoms with van der Waals surface area (Å²) in [6.45, 7) is 1.78. The first-order chi connectivity index (χ1) is 10.0. The van der Waals surface area contributed by atoms with Gasteiger partial charge in [0.15, 0.2) is 11.4 Å². The van der Waals surface area contributed by atoms with Crippen molar-refractivity contribution in [2.24, 2.45) is 0 Å². The summed E-state index contributed by atoms with van der Waals surface area (Å²) in [4.78, 5) is 15.3. The first kappa shape index (κ1) is 14.8. The van der Waals surface area contributed by atoms with Gasteiger partial charge < -0.3 is 14.6 Å². The first-order valence-electron chi connectivity index (χ1n) is 6.17. The fourth-order valence-corrected chi connectivity index (χ4v) is 1.71. The predicted molar refractivity (Wildman–Crippen MR) is 72.7 cm³/mol. The van der Waals surface area contributed by atoms with Crippen molar-refractivity contribution in [3.63, 3.8) is 0 Å². The van der Waals surface area contributed by atoms with Crippen LogP contribution in [-0.4, -0.2) is 23.2 Å². The summed E-state index contributed by atoms with van der Waals surface area (Å²) >= 11 is 0. The van der Waals surface area contributed by atoms with E-state index >= 15 is 0 Å². The number of hydrogen-bond acceptors (Lipinski definition) is 5. The zero-order chi connectivity index (χ0) is 15.4. The number of benzene rings is 1. The Hall–Kier alpha value is -2.63. The van der Waals surface area contributed by atoms with Gasteiger partial charge in [-0.3, -0.25) is 0 Å². The molecule has 6 heteroatoms. The van der Waals surface area contributed by atoms with E-state index in [1.54, 1.807) is 6.92 Å². The van der Waals surface area contributed by atoms with Gasteiger partial charge in [-0.15, -0.1) is 0 Å². The van der Waals surface area contributed by atoms with Crippen molar-refractivity contribution in [3.8, 4) is 11.5 Å². The maximum absolute atomic E-state index is 12.8. The summed E-state index contributed by atoms with van der Waals surface area (Å²) in [6.07, 6.45) is 1.44. The van der Waals surface area contributed by atoms with E-state index in [4.69, 9.17) is 4.74 Å². The maximum Gasteiger partial charge on any atom is 0.360 e. The predicted octanol–water partition coefficient (Wildman–Crippen LogP) is 2.60. The molecule has 0 aliphatic carbocycles. The lowest BCUT2D eigenvalue weighted by Gasteiger charge is -2.11. The number of rotatable bonds is 4. The molecule has 0 fully saturated rings. The quantitative estimate of drug-likeness (QED) is 0.877. The zero-order valence-corrected chi connectivity index (χ0v) is 11.6. The molecule has 5 nitrogen and oxygen atoms in total. The molecule has 0 saturated carbocycles.